The molecule has 1 N–H and O–H groups in total. The highest BCUT2D eigenvalue weighted by Gasteiger charge is 2.18. The van der Waals surface area contributed by atoms with Crippen molar-refractivity contribution in [3.63, 3.8) is 0 Å². The first-order chi connectivity index (χ1) is 20.3. The van der Waals surface area contributed by atoms with Gasteiger partial charge in [0.1, 0.15) is 17.5 Å². The number of nitrogens with zero attached hydrogens (tertiary/aromatic N) is 5. The minimum absolute atomic E-state index is 0.191. The number of fused-ring (bicyclic) bond motifs is 1. The van der Waals surface area contributed by atoms with Gasteiger partial charge in [-0.25, -0.2) is 37.5 Å². The zero-order valence-electron chi connectivity index (χ0n) is 24.8. The summed E-state index contributed by atoms with van der Waals surface area (Å²) in [5.74, 6) is -1.21. The van der Waals surface area contributed by atoms with E-state index in [2.05, 4.69) is 25.3 Å². The van der Waals surface area contributed by atoms with Gasteiger partial charge in [-0.3, -0.25) is 4.79 Å². The van der Waals surface area contributed by atoms with Crippen molar-refractivity contribution in [3.05, 3.63) is 94.6 Å². The monoisotopic (exact) mass is 594 g/mol. The van der Waals surface area contributed by atoms with Crippen LogP contribution in [0.25, 0.3) is 33.4 Å². The predicted molar refractivity (Wildman–Crippen MR) is 160 cm³/mol. The quantitative estimate of drug-likeness (QED) is 0.156. The minimum Gasteiger partial charge on any atom is -0.311 e. The van der Waals surface area contributed by atoms with E-state index in [1.165, 1.54) is 29.7 Å². The molecule has 7 nitrogen and oxygen atoms in total. The molecular weight excluding hydrogens is 560 g/mol. The Hall–Kier alpha value is -4.25. The van der Waals surface area contributed by atoms with E-state index in [0.717, 1.165) is 18.0 Å². The molecule has 4 aromatic rings. The summed E-state index contributed by atoms with van der Waals surface area (Å²) in [5.41, 5.74) is 1.90. The second kappa shape index (κ2) is 13.4. The number of halogens is 4. The maximum atomic E-state index is 14.7. The Kier molecular flexibility index (Phi) is 9.85. The molecule has 0 spiro atoms. The number of allylic oxidation sites excluding steroid dienone is 3. The number of hydrogen-bond donors (Lipinski definition) is 1. The van der Waals surface area contributed by atoms with Gasteiger partial charge >= 0.3 is 0 Å². The molecule has 0 aliphatic rings. The molecular formula is C32H34F4N6O. The van der Waals surface area contributed by atoms with Gasteiger partial charge in [0.2, 0.25) is 6.43 Å². The summed E-state index contributed by atoms with van der Waals surface area (Å²) in [4.78, 5) is 31.0. The van der Waals surface area contributed by atoms with E-state index in [0.29, 0.717) is 33.6 Å². The predicted octanol–water partition coefficient (Wildman–Crippen LogP) is 7.06. The van der Waals surface area contributed by atoms with Crippen LogP contribution in [0.4, 0.5) is 17.6 Å². The second-order valence-electron chi connectivity index (χ2n) is 10.9. The van der Waals surface area contributed by atoms with Gasteiger partial charge in [0, 0.05) is 61.3 Å². The first-order valence-corrected chi connectivity index (χ1v) is 13.9. The van der Waals surface area contributed by atoms with E-state index in [1.54, 1.807) is 51.7 Å². The summed E-state index contributed by atoms with van der Waals surface area (Å²) in [7, 11) is 1.60. The van der Waals surface area contributed by atoms with Crippen molar-refractivity contribution in [1.82, 2.24) is 29.8 Å². The van der Waals surface area contributed by atoms with Crippen molar-refractivity contribution in [3.8, 4) is 22.6 Å². The van der Waals surface area contributed by atoms with Crippen LogP contribution < -0.4 is 10.9 Å². The lowest BCUT2D eigenvalue weighted by Gasteiger charge is -2.21. The number of aromatic nitrogens is 5. The zero-order valence-corrected chi connectivity index (χ0v) is 24.8. The second-order valence-corrected chi connectivity index (χ2v) is 10.9. The molecule has 0 saturated heterocycles. The van der Waals surface area contributed by atoms with Gasteiger partial charge in [-0.1, -0.05) is 26.8 Å². The third-order valence-electron chi connectivity index (χ3n) is 7.09. The molecule has 2 unspecified atom stereocenters. The van der Waals surface area contributed by atoms with Crippen LogP contribution in [-0.4, -0.2) is 37.0 Å². The highest BCUT2D eigenvalue weighted by Crippen LogP contribution is 2.29. The number of hydrogen-bond acceptors (Lipinski definition) is 6. The van der Waals surface area contributed by atoms with Crippen LogP contribution >= 0.6 is 0 Å². The van der Waals surface area contributed by atoms with E-state index in [1.807, 2.05) is 13.8 Å². The molecule has 0 amide bonds. The van der Waals surface area contributed by atoms with Gasteiger partial charge in [-0.15, -0.1) is 0 Å². The van der Waals surface area contributed by atoms with Crippen LogP contribution in [0, 0.1) is 11.7 Å². The van der Waals surface area contributed by atoms with Crippen LogP contribution in [0.3, 0.4) is 0 Å². The van der Waals surface area contributed by atoms with Crippen molar-refractivity contribution in [1.29, 1.82) is 0 Å². The smallest absolute Gasteiger partial charge is 0.258 e. The van der Waals surface area contributed by atoms with E-state index in [4.69, 9.17) is 0 Å². The van der Waals surface area contributed by atoms with Gasteiger partial charge in [0.25, 0.3) is 5.56 Å². The molecule has 0 aliphatic carbocycles. The maximum absolute atomic E-state index is 14.7. The lowest BCUT2D eigenvalue weighted by molar-refractivity contribution is 0.108. The third-order valence-corrected chi connectivity index (χ3v) is 7.09. The van der Waals surface area contributed by atoms with E-state index < -0.39 is 41.6 Å². The SMILES string of the molecule is CC(/C=C\C(F)=C/C(C)C(F)F)N[C@H](C)c1cc(F)cc2c(=O)n(C)c(-c3cnc(-c4cnc(C(C)C)nc4)nc3)cc12. The van der Waals surface area contributed by atoms with Crippen molar-refractivity contribution in [2.24, 2.45) is 13.0 Å². The highest BCUT2D eigenvalue weighted by molar-refractivity contribution is 5.88. The Labute approximate surface area is 247 Å². The van der Waals surface area contributed by atoms with Gasteiger partial charge < -0.3 is 9.88 Å². The maximum Gasteiger partial charge on any atom is 0.258 e. The molecule has 3 aromatic heterocycles. The van der Waals surface area contributed by atoms with E-state index in [9.17, 15) is 22.4 Å². The third kappa shape index (κ3) is 7.40. The first kappa shape index (κ1) is 31.7. The van der Waals surface area contributed by atoms with Crippen LogP contribution in [-0.2, 0) is 7.05 Å². The van der Waals surface area contributed by atoms with E-state index >= 15 is 0 Å². The van der Waals surface area contributed by atoms with Crippen LogP contribution in [0.15, 0.2) is 71.8 Å². The van der Waals surface area contributed by atoms with Crippen LogP contribution in [0.1, 0.15) is 58.0 Å². The molecule has 11 heteroatoms. The minimum atomic E-state index is -2.66. The Morgan fingerprint density at radius 1 is 0.907 bits per heavy atom. The molecule has 43 heavy (non-hydrogen) atoms. The lowest BCUT2D eigenvalue weighted by Crippen LogP contribution is -2.28. The lowest BCUT2D eigenvalue weighted by atomic mass is 9.98. The Bertz CT molecular complexity index is 1700. The Morgan fingerprint density at radius 2 is 1.53 bits per heavy atom. The molecule has 0 fully saturated rings. The van der Waals surface area contributed by atoms with Crippen molar-refractivity contribution in [2.75, 3.05) is 0 Å². The molecule has 3 heterocycles. The number of pyridine rings is 1. The average molecular weight is 595 g/mol. The Balaban J connectivity index is 1.65. The molecule has 1 aromatic carbocycles. The first-order valence-electron chi connectivity index (χ1n) is 13.9. The molecule has 3 atom stereocenters. The summed E-state index contributed by atoms with van der Waals surface area (Å²) >= 11 is 0. The fourth-order valence-corrected chi connectivity index (χ4v) is 4.65. The summed E-state index contributed by atoms with van der Waals surface area (Å²) in [5, 5.41) is 3.97. The number of alkyl halides is 2. The van der Waals surface area contributed by atoms with Crippen LogP contribution in [0.5, 0.6) is 0 Å². The molecule has 4 rings (SSSR count). The molecule has 0 aliphatic heterocycles. The highest BCUT2D eigenvalue weighted by atomic mass is 19.3. The van der Waals surface area contributed by atoms with Crippen molar-refractivity contribution >= 4 is 10.8 Å². The Morgan fingerprint density at radius 3 is 2.14 bits per heavy atom. The fourth-order valence-electron chi connectivity index (χ4n) is 4.65. The van der Waals surface area contributed by atoms with Gasteiger partial charge in [0.15, 0.2) is 5.82 Å². The molecule has 0 saturated carbocycles. The van der Waals surface area contributed by atoms with E-state index in [-0.39, 0.29) is 11.3 Å². The summed E-state index contributed by atoms with van der Waals surface area (Å²) in [6.07, 6.45) is 7.37. The standard InChI is InChI=1S/C32H34F4N6O/c1-17(2)30-37-15-22(16-38-30)31-39-13-21(14-40-31)28-12-26-25(10-24(34)11-27(26)32(43)42(28)6)20(5)41-19(4)7-8-23(33)9-18(3)29(35)36/h7-20,29,41H,1-6H3/b8-7-,23-9+/t18?,19?,20-/m1/s1. The molecule has 0 radical (unpaired) electrons. The number of rotatable bonds is 10. The topological polar surface area (TPSA) is 85.6 Å². The van der Waals surface area contributed by atoms with Crippen LogP contribution in [0.2, 0.25) is 0 Å². The average Bonchev–Trinajstić information content (AvgIpc) is 2.97. The molecule has 226 valence electrons. The zero-order chi connectivity index (χ0) is 31.4. The fraction of sp³-hybridized carbons (Fsp3) is 0.344. The van der Waals surface area contributed by atoms with Gasteiger partial charge in [0.05, 0.1) is 16.6 Å². The number of nitrogens with one attached hydrogen (secondary N) is 1. The van der Waals surface area contributed by atoms with Gasteiger partial charge in [-0.2, -0.15) is 0 Å². The van der Waals surface area contributed by atoms with Crippen molar-refractivity contribution in [2.45, 2.75) is 59.0 Å². The molecule has 0 bridgehead atoms. The normalized spacial score (nSPS) is 14.7. The summed E-state index contributed by atoms with van der Waals surface area (Å²) < 4.78 is 55.6. The number of benzene rings is 1. The van der Waals surface area contributed by atoms with Gasteiger partial charge in [-0.05, 0) is 55.1 Å². The summed E-state index contributed by atoms with van der Waals surface area (Å²) in [6, 6.07) is 3.48. The summed E-state index contributed by atoms with van der Waals surface area (Å²) in [6.45, 7) is 8.79. The van der Waals surface area contributed by atoms with Crippen molar-refractivity contribution < 1.29 is 17.6 Å². The largest absolute Gasteiger partial charge is 0.311 e.